The summed E-state index contributed by atoms with van der Waals surface area (Å²) >= 11 is 0. The first-order valence-corrected chi connectivity index (χ1v) is 7.39. The number of nitrogens with zero attached hydrogens (tertiary/aromatic N) is 1. The topological polar surface area (TPSA) is 74.7 Å². The molecule has 2 amide bonds. The molecule has 1 heterocycles. The zero-order valence-corrected chi connectivity index (χ0v) is 12.0. The Labute approximate surface area is 127 Å². The maximum atomic E-state index is 12.7. The molecular weight excluding hydrogens is 282 g/mol. The van der Waals surface area contributed by atoms with Crippen LogP contribution in [0.2, 0.25) is 0 Å². The van der Waals surface area contributed by atoms with Crippen molar-refractivity contribution in [2.45, 2.75) is 13.3 Å². The molecule has 22 heavy (non-hydrogen) atoms. The van der Waals surface area contributed by atoms with Gasteiger partial charge in [-0.25, -0.2) is 9.69 Å². The number of carboxylic acid groups (broad SMARTS) is 1. The summed E-state index contributed by atoms with van der Waals surface area (Å²) in [5.41, 5.74) is 1.22. The van der Waals surface area contributed by atoms with Crippen LogP contribution in [0.5, 0.6) is 0 Å². The number of aryl methyl sites for hydroxylation is 1. The van der Waals surface area contributed by atoms with Gasteiger partial charge < -0.3 is 5.11 Å². The van der Waals surface area contributed by atoms with Gasteiger partial charge in [-0.3, -0.25) is 9.59 Å². The van der Waals surface area contributed by atoms with Crippen LogP contribution in [0.4, 0.5) is 5.69 Å². The maximum absolute atomic E-state index is 12.7. The highest BCUT2D eigenvalue weighted by Crippen LogP contribution is 2.53. The predicted octanol–water partition coefficient (Wildman–Crippen LogP) is 2.00. The molecule has 4 atom stereocenters. The highest BCUT2D eigenvalue weighted by Gasteiger charge is 2.59. The highest BCUT2D eigenvalue weighted by molar-refractivity contribution is 6.23. The smallest absolute Gasteiger partial charge is 0.335 e. The molecule has 1 aromatic carbocycles. The summed E-state index contributed by atoms with van der Waals surface area (Å²) in [4.78, 5) is 37.9. The number of benzene rings is 1. The van der Waals surface area contributed by atoms with Crippen molar-refractivity contribution in [2.24, 2.45) is 23.7 Å². The minimum atomic E-state index is -1.07. The quantitative estimate of drug-likeness (QED) is 0.669. The van der Waals surface area contributed by atoms with Gasteiger partial charge in [-0.1, -0.05) is 18.2 Å². The maximum Gasteiger partial charge on any atom is 0.335 e. The third-order valence-electron chi connectivity index (χ3n) is 5.17. The summed E-state index contributed by atoms with van der Waals surface area (Å²) in [6, 6.07) is 4.54. The molecule has 0 unspecified atom stereocenters. The number of imide groups is 1. The molecule has 0 spiro atoms. The molecule has 2 bridgehead atoms. The molecule has 4 rings (SSSR count). The number of aromatic carboxylic acids is 1. The summed E-state index contributed by atoms with van der Waals surface area (Å²) in [5.74, 6) is -1.66. The Morgan fingerprint density at radius 3 is 2.27 bits per heavy atom. The Hall–Kier alpha value is -2.43. The van der Waals surface area contributed by atoms with Crippen LogP contribution in [0.15, 0.2) is 30.4 Å². The lowest BCUT2D eigenvalue weighted by molar-refractivity contribution is -0.123. The molecule has 112 valence electrons. The zero-order chi connectivity index (χ0) is 15.6. The molecule has 1 aliphatic heterocycles. The van der Waals surface area contributed by atoms with E-state index in [0.717, 1.165) is 12.0 Å². The van der Waals surface area contributed by atoms with Crippen molar-refractivity contribution < 1.29 is 19.5 Å². The fourth-order valence-corrected chi connectivity index (χ4v) is 4.12. The fraction of sp³-hybridized carbons (Fsp3) is 0.353. The van der Waals surface area contributed by atoms with E-state index in [2.05, 4.69) is 0 Å². The Morgan fingerprint density at radius 2 is 1.73 bits per heavy atom. The van der Waals surface area contributed by atoms with Crippen molar-refractivity contribution in [3.05, 3.63) is 41.5 Å². The van der Waals surface area contributed by atoms with E-state index >= 15 is 0 Å². The Kier molecular flexibility index (Phi) is 2.58. The molecule has 3 aliphatic rings. The predicted molar refractivity (Wildman–Crippen MR) is 78.3 cm³/mol. The van der Waals surface area contributed by atoms with Gasteiger partial charge in [0.2, 0.25) is 11.8 Å². The van der Waals surface area contributed by atoms with Crippen LogP contribution < -0.4 is 4.90 Å². The molecule has 2 fully saturated rings. The van der Waals surface area contributed by atoms with Gasteiger partial charge in [0.05, 0.1) is 23.1 Å². The van der Waals surface area contributed by atoms with Crippen molar-refractivity contribution in [1.29, 1.82) is 0 Å². The number of allylic oxidation sites excluding steroid dienone is 2. The van der Waals surface area contributed by atoms with Gasteiger partial charge in [-0.15, -0.1) is 0 Å². The number of fused-ring (bicyclic) bond motifs is 5. The largest absolute Gasteiger partial charge is 0.478 e. The number of hydrogen-bond donors (Lipinski definition) is 1. The summed E-state index contributed by atoms with van der Waals surface area (Å²) in [6.45, 7) is 1.78. The lowest BCUT2D eigenvalue weighted by Gasteiger charge is -2.19. The van der Waals surface area contributed by atoms with E-state index in [9.17, 15) is 14.4 Å². The van der Waals surface area contributed by atoms with Crippen molar-refractivity contribution in [3.63, 3.8) is 0 Å². The first-order chi connectivity index (χ1) is 10.5. The van der Waals surface area contributed by atoms with E-state index in [-0.39, 0.29) is 41.0 Å². The lowest BCUT2D eigenvalue weighted by atomic mass is 9.85. The van der Waals surface area contributed by atoms with Crippen LogP contribution in [-0.2, 0) is 9.59 Å². The van der Waals surface area contributed by atoms with Crippen LogP contribution in [0.3, 0.4) is 0 Å². The summed E-state index contributed by atoms with van der Waals surface area (Å²) in [6.07, 6.45) is 4.97. The molecule has 1 N–H and O–H groups in total. The van der Waals surface area contributed by atoms with Gasteiger partial charge in [0, 0.05) is 0 Å². The van der Waals surface area contributed by atoms with Crippen LogP contribution in [-0.4, -0.2) is 22.9 Å². The van der Waals surface area contributed by atoms with E-state index in [1.54, 1.807) is 13.0 Å². The number of amides is 2. The molecule has 1 saturated carbocycles. The molecule has 0 aromatic heterocycles. The monoisotopic (exact) mass is 297 g/mol. The van der Waals surface area contributed by atoms with Gasteiger partial charge >= 0.3 is 5.97 Å². The molecule has 2 aliphatic carbocycles. The number of carbonyl (C=O) groups excluding carboxylic acids is 2. The van der Waals surface area contributed by atoms with E-state index in [4.69, 9.17) is 5.11 Å². The minimum absolute atomic E-state index is 0.0827. The fourth-order valence-electron chi connectivity index (χ4n) is 4.12. The molecule has 1 saturated heterocycles. The second-order valence-electron chi connectivity index (χ2n) is 6.32. The Balaban J connectivity index is 1.79. The van der Waals surface area contributed by atoms with E-state index in [1.807, 2.05) is 12.2 Å². The normalized spacial score (nSPS) is 32.0. The first kappa shape index (κ1) is 13.2. The summed E-state index contributed by atoms with van der Waals surface area (Å²) in [5, 5.41) is 9.13. The van der Waals surface area contributed by atoms with Crippen molar-refractivity contribution in [1.82, 2.24) is 0 Å². The van der Waals surface area contributed by atoms with Crippen molar-refractivity contribution in [2.75, 3.05) is 4.90 Å². The lowest BCUT2D eigenvalue weighted by Crippen LogP contribution is -2.33. The number of hydrogen-bond acceptors (Lipinski definition) is 3. The second kappa shape index (κ2) is 4.29. The Bertz CT molecular complexity index is 721. The summed E-state index contributed by atoms with van der Waals surface area (Å²) < 4.78 is 0. The average molecular weight is 297 g/mol. The van der Waals surface area contributed by atoms with Crippen LogP contribution in [0, 0.1) is 30.6 Å². The molecule has 0 radical (unpaired) electrons. The number of rotatable bonds is 2. The van der Waals surface area contributed by atoms with Crippen LogP contribution in [0.1, 0.15) is 22.3 Å². The van der Waals surface area contributed by atoms with Crippen LogP contribution in [0.25, 0.3) is 0 Å². The first-order valence-electron chi connectivity index (χ1n) is 7.39. The van der Waals surface area contributed by atoms with Gasteiger partial charge in [-0.2, -0.15) is 0 Å². The van der Waals surface area contributed by atoms with Crippen molar-refractivity contribution in [3.8, 4) is 0 Å². The molecular formula is C17H15NO4. The van der Waals surface area contributed by atoms with Gasteiger partial charge in [0.1, 0.15) is 0 Å². The number of carbonyl (C=O) groups is 3. The average Bonchev–Trinajstić information content (AvgIpc) is 3.14. The SMILES string of the molecule is Cc1ccc(C(=O)O)cc1N1C(=O)[C@@H]2[C@H](C1=O)[C@H]1C=C[C@H]2C1. The standard InChI is InChI=1S/C17H15NO4/c1-8-2-3-11(17(21)22)7-12(8)18-15(19)13-9-4-5-10(6-9)14(13)16(18)20/h2-5,7,9-10,13-14H,6H2,1H3,(H,21,22)/t9-,10-,13-,14+/m0/s1. The number of anilines is 1. The highest BCUT2D eigenvalue weighted by atomic mass is 16.4. The molecule has 5 nitrogen and oxygen atoms in total. The third kappa shape index (κ3) is 1.56. The van der Waals surface area contributed by atoms with Crippen LogP contribution >= 0.6 is 0 Å². The number of carboxylic acids is 1. The van der Waals surface area contributed by atoms with Gasteiger partial charge in [0.25, 0.3) is 0 Å². The van der Waals surface area contributed by atoms with Gasteiger partial charge in [0.15, 0.2) is 0 Å². The van der Waals surface area contributed by atoms with E-state index in [1.165, 1.54) is 17.0 Å². The van der Waals surface area contributed by atoms with Crippen molar-refractivity contribution >= 4 is 23.5 Å². The minimum Gasteiger partial charge on any atom is -0.478 e. The zero-order valence-electron chi connectivity index (χ0n) is 12.0. The third-order valence-corrected chi connectivity index (χ3v) is 5.17. The van der Waals surface area contributed by atoms with E-state index in [0.29, 0.717) is 5.69 Å². The summed E-state index contributed by atoms with van der Waals surface area (Å²) in [7, 11) is 0. The Morgan fingerprint density at radius 1 is 1.14 bits per heavy atom. The second-order valence-corrected chi connectivity index (χ2v) is 6.32. The van der Waals surface area contributed by atoms with E-state index < -0.39 is 5.97 Å². The molecule has 5 heteroatoms. The van der Waals surface area contributed by atoms with Gasteiger partial charge in [-0.05, 0) is 42.9 Å². The molecule has 1 aromatic rings.